The smallest absolute Gasteiger partial charge is 0.341 e. The maximum absolute atomic E-state index is 11.9. The molecule has 0 fully saturated rings. The van der Waals surface area contributed by atoms with E-state index in [1.165, 1.54) is 18.4 Å². The molecule has 1 aromatic rings. The first-order valence-corrected chi connectivity index (χ1v) is 7.90. The molecule has 0 atom stereocenters. The zero-order chi connectivity index (χ0) is 14.9. The topological polar surface area (TPSA) is 55.4 Å². The first kappa shape index (κ1) is 15.9. The van der Waals surface area contributed by atoms with Crippen LogP contribution in [0.2, 0.25) is 0 Å². The highest BCUT2D eigenvalue weighted by Gasteiger charge is 2.34. The molecule has 0 saturated heterocycles. The second kappa shape index (κ2) is 6.10. The lowest BCUT2D eigenvalue weighted by Gasteiger charge is -2.12. The Morgan fingerprint density at radius 2 is 1.90 bits per heavy atom. The quantitative estimate of drug-likeness (QED) is 0.649. The zero-order valence-electron chi connectivity index (χ0n) is 10.6. The summed E-state index contributed by atoms with van der Waals surface area (Å²) in [5.41, 5.74) is 1.32. The van der Waals surface area contributed by atoms with E-state index in [1.807, 2.05) is 0 Å². The van der Waals surface area contributed by atoms with Gasteiger partial charge in [0.25, 0.3) is 9.70 Å². The summed E-state index contributed by atoms with van der Waals surface area (Å²) in [7, 11) is 1.30. The highest BCUT2D eigenvalue weighted by atomic mass is 35.6. The molecule has 1 heterocycles. The number of carbonyl (C=O) groups is 2. The summed E-state index contributed by atoms with van der Waals surface area (Å²) in [6.45, 7) is 0. The van der Waals surface area contributed by atoms with Crippen molar-refractivity contribution in [1.29, 1.82) is 0 Å². The summed E-state index contributed by atoms with van der Waals surface area (Å²) in [6, 6.07) is 0. The lowest BCUT2D eigenvalue weighted by atomic mass is 9.95. The molecule has 1 amide bonds. The number of ether oxygens (including phenoxy) is 1. The molecule has 1 aromatic heterocycles. The molecule has 0 aliphatic heterocycles. The summed E-state index contributed by atoms with van der Waals surface area (Å²) in [6.07, 6.45) is 3.74. The molecule has 1 aliphatic carbocycles. The van der Waals surface area contributed by atoms with Gasteiger partial charge in [0.1, 0.15) is 5.00 Å². The highest BCUT2D eigenvalue weighted by molar-refractivity contribution is 7.17. The second-order valence-corrected chi connectivity index (χ2v) is 7.74. The Hall–Kier alpha value is -0.490. The zero-order valence-corrected chi connectivity index (χ0v) is 13.7. The predicted octanol–water partition coefficient (Wildman–Crippen LogP) is 3.72. The van der Waals surface area contributed by atoms with Gasteiger partial charge in [0.2, 0.25) is 0 Å². The van der Waals surface area contributed by atoms with Crippen LogP contribution in [-0.4, -0.2) is 22.8 Å². The van der Waals surface area contributed by atoms with Gasteiger partial charge in [-0.1, -0.05) is 34.8 Å². The standard InChI is InChI=1S/C12H12Cl3NO3S/c1-19-10(17)8-6-4-2-3-5-7(6)20-9(8)16-11(18)12(13,14)15/h2-5H2,1H3,(H,16,18). The van der Waals surface area contributed by atoms with Gasteiger partial charge in [-0.15, -0.1) is 11.3 Å². The molecule has 0 aromatic carbocycles. The molecule has 0 unspecified atom stereocenters. The number of thiophene rings is 1. The van der Waals surface area contributed by atoms with Crippen LogP contribution in [0.4, 0.5) is 5.00 Å². The third-order valence-electron chi connectivity index (χ3n) is 3.05. The van der Waals surface area contributed by atoms with Gasteiger partial charge in [0.05, 0.1) is 12.7 Å². The van der Waals surface area contributed by atoms with E-state index in [2.05, 4.69) is 5.32 Å². The van der Waals surface area contributed by atoms with Gasteiger partial charge in [-0.2, -0.15) is 0 Å². The average Bonchev–Trinajstić information content (AvgIpc) is 2.74. The Morgan fingerprint density at radius 3 is 2.50 bits per heavy atom. The SMILES string of the molecule is COC(=O)c1c(NC(=O)C(Cl)(Cl)Cl)sc2c1CCCC2. The number of amides is 1. The van der Waals surface area contributed by atoms with Crippen molar-refractivity contribution in [2.75, 3.05) is 12.4 Å². The second-order valence-electron chi connectivity index (χ2n) is 4.36. The maximum Gasteiger partial charge on any atom is 0.341 e. The Morgan fingerprint density at radius 1 is 1.25 bits per heavy atom. The van der Waals surface area contributed by atoms with Gasteiger partial charge in [-0.25, -0.2) is 4.79 Å². The van der Waals surface area contributed by atoms with Crippen molar-refractivity contribution in [3.63, 3.8) is 0 Å². The molecule has 0 saturated carbocycles. The van der Waals surface area contributed by atoms with E-state index in [-0.39, 0.29) is 0 Å². The Bertz CT molecular complexity index is 551. The van der Waals surface area contributed by atoms with Gasteiger partial charge in [0.15, 0.2) is 0 Å². The minimum Gasteiger partial charge on any atom is -0.465 e. The third kappa shape index (κ3) is 3.22. The highest BCUT2D eigenvalue weighted by Crippen LogP contribution is 2.39. The number of anilines is 1. The van der Waals surface area contributed by atoms with Crippen molar-refractivity contribution in [1.82, 2.24) is 0 Å². The molecule has 8 heteroatoms. The number of fused-ring (bicyclic) bond motifs is 1. The number of nitrogens with one attached hydrogen (secondary N) is 1. The largest absolute Gasteiger partial charge is 0.465 e. The monoisotopic (exact) mass is 355 g/mol. The molecular formula is C12H12Cl3NO3S. The van der Waals surface area contributed by atoms with Crippen LogP contribution in [0.5, 0.6) is 0 Å². The summed E-state index contributed by atoms with van der Waals surface area (Å²) < 4.78 is 2.71. The summed E-state index contributed by atoms with van der Waals surface area (Å²) in [5, 5.41) is 2.89. The van der Waals surface area contributed by atoms with Crippen molar-refractivity contribution in [2.24, 2.45) is 0 Å². The number of carbonyl (C=O) groups excluding carboxylic acids is 2. The first-order valence-electron chi connectivity index (χ1n) is 5.95. The molecule has 20 heavy (non-hydrogen) atoms. The van der Waals surface area contributed by atoms with Gasteiger partial charge in [-0.3, -0.25) is 4.79 Å². The van der Waals surface area contributed by atoms with Crippen LogP contribution < -0.4 is 5.32 Å². The van der Waals surface area contributed by atoms with E-state index < -0.39 is 15.7 Å². The number of hydrogen-bond donors (Lipinski definition) is 1. The van der Waals surface area contributed by atoms with Gasteiger partial charge in [0, 0.05) is 4.88 Å². The van der Waals surface area contributed by atoms with Crippen LogP contribution in [0.3, 0.4) is 0 Å². The van der Waals surface area contributed by atoms with Crippen LogP contribution in [0.1, 0.15) is 33.6 Å². The van der Waals surface area contributed by atoms with Crippen molar-refractivity contribution in [3.05, 3.63) is 16.0 Å². The Kier molecular flexibility index (Phi) is 4.84. The molecule has 4 nitrogen and oxygen atoms in total. The predicted molar refractivity (Wildman–Crippen MR) is 81.2 cm³/mol. The number of methoxy groups -OCH3 is 1. The van der Waals surface area contributed by atoms with Crippen LogP contribution in [0.15, 0.2) is 0 Å². The molecule has 2 rings (SSSR count). The van der Waals surface area contributed by atoms with E-state index in [9.17, 15) is 9.59 Å². The number of halogens is 3. The van der Waals surface area contributed by atoms with E-state index in [1.54, 1.807) is 0 Å². The number of alkyl halides is 3. The van der Waals surface area contributed by atoms with Crippen molar-refractivity contribution >= 4 is 63.0 Å². The molecule has 1 aliphatic rings. The molecule has 0 bridgehead atoms. The van der Waals surface area contributed by atoms with E-state index in [0.717, 1.165) is 36.1 Å². The number of esters is 1. The van der Waals surface area contributed by atoms with Crippen molar-refractivity contribution < 1.29 is 14.3 Å². The Balaban J connectivity index is 2.39. The van der Waals surface area contributed by atoms with Crippen LogP contribution >= 0.6 is 46.1 Å². The minimum absolute atomic E-state index is 0.384. The molecule has 1 N–H and O–H groups in total. The normalized spacial score (nSPS) is 14.6. The van der Waals surface area contributed by atoms with Crippen molar-refractivity contribution in [3.8, 4) is 0 Å². The third-order valence-corrected chi connectivity index (χ3v) is 4.77. The van der Waals surface area contributed by atoms with Gasteiger partial charge < -0.3 is 10.1 Å². The van der Waals surface area contributed by atoms with Crippen LogP contribution in [0.25, 0.3) is 0 Å². The van der Waals surface area contributed by atoms with E-state index >= 15 is 0 Å². The fourth-order valence-corrected chi connectivity index (χ4v) is 3.56. The van der Waals surface area contributed by atoms with E-state index in [4.69, 9.17) is 39.5 Å². The van der Waals surface area contributed by atoms with Crippen LogP contribution in [-0.2, 0) is 22.4 Å². The maximum atomic E-state index is 11.9. The fourth-order valence-electron chi connectivity index (χ4n) is 2.15. The first-order chi connectivity index (χ1) is 9.34. The summed E-state index contributed by atoms with van der Waals surface area (Å²) in [4.78, 5) is 24.8. The lowest BCUT2D eigenvalue weighted by Crippen LogP contribution is -2.27. The van der Waals surface area contributed by atoms with Gasteiger partial charge >= 0.3 is 5.97 Å². The fraction of sp³-hybridized carbons (Fsp3) is 0.500. The summed E-state index contributed by atoms with van der Waals surface area (Å²) in [5.74, 6) is -1.27. The average molecular weight is 357 g/mol. The van der Waals surface area contributed by atoms with Gasteiger partial charge in [-0.05, 0) is 31.2 Å². The number of hydrogen-bond acceptors (Lipinski definition) is 4. The molecule has 0 radical (unpaired) electrons. The number of rotatable bonds is 2. The Labute approximate surface area is 135 Å². The van der Waals surface area contributed by atoms with Crippen LogP contribution in [0, 0.1) is 0 Å². The minimum atomic E-state index is -2.07. The molecule has 110 valence electrons. The molecular weight excluding hydrogens is 345 g/mol. The van der Waals surface area contributed by atoms with Crippen molar-refractivity contribution in [2.45, 2.75) is 29.5 Å². The lowest BCUT2D eigenvalue weighted by molar-refractivity contribution is -0.115. The van der Waals surface area contributed by atoms with E-state index in [0.29, 0.717) is 10.6 Å². The number of aryl methyl sites for hydroxylation is 1. The molecule has 0 spiro atoms. The summed E-state index contributed by atoms with van der Waals surface area (Å²) >= 11 is 17.9.